The van der Waals surface area contributed by atoms with Gasteiger partial charge in [-0.05, 0) is 11.6 Å². The number of hydrogen-bond donors (Lipinski definition) is 1. The SMILES string of the molecule is C#CCC(O)c1ccccc1C(F)(F)F. The molecule has 15 heavy (non-hydrogen) atoms. The number of alkyl halides is 3. The quantitative estimate of drug-likeness (QED) is 0.750. The fraction of sp³-hybridized carbons (Fsp3) is 0.273. The van der Waals surface area contributed by atoms with Gasteiger partial charge < -0.3 is 5.11 Å². The van der Waals surface area contributed by atoms with Gasteiger partial charge in [-0.3, -0.25) is 0 Å². The Hall–Kier alpha value is -1.47. The van der Waals surface area contributed by atoms with Crippen molar-refractivity contribution in [1.29, 1.82) is 0 Å². The van der Waals surface area contributed by atoms with Crippen LogP contribution in [0.5, 0.6) is 0 Å². The maximum atomic E-state index is 12.5. The molecule has 1 aromatic rings. The molecule has 1 atom stereocenters. The lowest BCUT2D eigenvalue weighted by Crippen LogP contribution is -2.11. The van der Waals surface area contributed by atoms with Crippen LogP contribution in [0.4, 0.5) is 13.2 Å². The Labute approximate surface area is 85.5 Å². The molecule has 0 aliphatic rings. The zero-order chi connectivity index (χ0) is 11.5. The van der Waals surface area contributed by atoms with Gasteiger partial charge in [0, 0.05) is 6.42 Å². The molecule has 0 heterocycles. The Morgan fingerprint density at radius 1 is 1.33 bits per heavy atom. The summed E-state index contributed by atoms with van der Waals surface area (Å²) in [5.74, 6) is 2.13. The summed E-state index contributed by atoms with van der Waals surface area (Å²) >= 11 is 0. The molecule has 1 rings (SSSR count). The second-order valence-corrected chi connectivity index (χ2v) is 3.01. The van der Waals surface area contributed by atoms with Crippen LogP contribution in [-0.4, -0.2) is 5.11 Å². The van der Waals surface area contributed by atoms with Crippen LogP contribution in [0.1, 0.15) is 23.7 Å². The lowest BCUT2D eigenvalue weighted by molar-refractivity contribution is -0.139. The smallest absolute Gasteiger partial charge is 0.387 e. The minimum absolute atomic E-state index is 0.132. The molecule has 4 heteroatoms. The van der Waals surface area contributed by atoms with E-state index in [4.69, 9.17) is 6.42 Å². The summed E-state index contributed by atoms with van der Waals surface area (Å²) in [6, 6.07) is 4.86. The van der Waals surface area contributed by atoms with E-state index >= 15 is 0 Å². The van der Waals surface area contributed by atoms with Gasteiger partial charge in [-0.25, -0.2) is 0 Å². The number of benzene rings is 1. The number of hydrogen-bond acceptors (Lipinski definition) is 1. The molecular formula is C11H9F3O. The lowest BCUT2D eigenvalue weighted by atomic mass is 10.0. The highest BCUT2D eigenvalue weighted by Crippen LogP contribution is 2.35. The molecule has 0 aromatic heterocycles. The lowest BCUT2D eigenvalue weighted by Gasteiger charge is -2.15. The number of aliphatic hydroxyl groups excluding tert-OH is 1. The minimum Gasteiger partial charge on any atom is -0.387 e. The van der Waals surface area contributed by atoms with Crippen molar-refractivity contribution in [2.75, 3.05) is 0 Å². The third kappa shape index (κ3) is 2.74. The van der Waals surface area contributed by atoms with Crippen LogP contribution in [0.3, 0.4) is 0 Å². The fourth-order valence-electron chi connectivity index (χ4n) is 1.27. The summed E-state index contributed by atoms with van der Waals surface area (Å²) in [6.45, 7) is 0. The molecule has 0 spiro atoms. The summed E-state index contributed by atoms with van der Waals surface area (Å²) < 4.78 is 37.5. The highest BCUT2D eigenvalue weighted by atomic mass is 19.4. The van der Waals surface area contributed by atoms with Gasteiger partial charge in [-0.2, -0.15) is 13.2 Å². The summed E-state index contributed by atoms with van der Waals surface area (Å²) in [4.78, 5) is 0. The van der Waals surface area contributed by atoms with Gasteiger partial charge in [0.25, 0.3) is 0 Å². The van der Waals surface area contributed by atoms with Crippen LogP contribution in [-0.2, 0) is 6.18 Å². The second-order valence-electron chi connectivity index (χ2n) is 3.01. The third-order valence-electron chi connectivity index (χ3n) is 1.94. The number of rotatable bonds is 2. The Bertz CT molecular complexity index is 376. The average Bonchev–Trinajstić information content (AvgIpc) is 2.17. The first-order chi connectivity index (χ1) is 6.96. The zero-order valence-corrected chi connectivity index (χ0v) is 7.75. The van der Waals surface area contributed by atoms with Gasteiger partial charge >= 0.3 is 6.18 Å². The van der Waals surface area contributed by atoms with Crippen molar-refractivity contribution >= 4 is 0 Å². The van der Waals surface area contributed by atoms with Gasteiger partial charge in [0.05, 0.1) is 11.7 Å². The van der Waals surface area contributed by atoms with E-state index in [-0.39, 0.29) is 12.0 Å². The molecule has 1 N–H and O–H groups in total. The number of aliphatic hydroxyl groups is 1. The van der Waals surface area contributed by atoms with Crippen molar-refractivity contribution in [2.24, 2.45) is 0 Å². The zero-order valence-electron chi connectivity index (χ0n) is 7.75. The van der Waals surface area contributed by atoms with Gasteiger partial charge in [-0.1, -0.05) is 18.2 Å². The summed E-state index contributed by atoms with van der Waals surface area (Å²) in [5, 5.41) is 9.42. The molecule has 0 aliphatic carbocycles. The largest absolute Gasteiger partial charge is 0.416 e. The van der Waals surface area contributed by atoms with Gasteiger partial charge in [-0.15, -0.1) is 12.3 Å². The van der Waals surface area contributed by atoms with E-state index < -0.39 is 17.8 Å². The Kier molecular flexibility index (Phi) is 3.38. The molecule has 0 saturated heterocycles. The van der Waals surface area contributed by atoms with Crippen molar-refractivity contribution in [3.63, 3.8) is 0 Å². The standard InChI is InChI=1S/C11H9F3O/c1-2-5-10(15)8-6-3-4-7-9(8)11(12,13)14/h1,3-4,6-7,10,15H,5H2. The van der Waals surface area contributed by atoms with E-state index in [1.165, 1.54) is 18.2 Å². The maximum absolute atomic E-state index is 12.5. The third-order valence-corrected chi connectivity index (χ3v) is 1.94. The summed E-state index contributed by atoms with van der Waals surface area (Å²) in [5.41, 5.74) is -1.02. The van der Waals surface area contributed by atoms with Gasteiger partial charge in [0.15, 0.2) is 0 Å². The minimum atomic E-state index is -4.47. The Morgan fingerprint density at radius 3 is 2.47 bits per heavy atom. The molecule has 0 saturated carbocycles. The first-order valence-electron chi connectivity index (χ1n) is 4.24. The molecule has 1 aromatic carbocycles. The van der Waals surface area contributed by atoms with E-state index in [1.807, 2.05) is 0 Å². The molecule has 0 amide bonds. The molecule has 1 nitrogen and oxygen atoms in total. The van der Waals surface area contributed by atoms with E-state index in [2.05, 4.69) is 5.92 Å². The highest BCUT2D eigenvalue weighted by molar-refractivity contribution is 5.32. The molecule has 0 aliphatic heterocycles. The van der Waals surface area contributed by atoms with E-state index in [0.29, 0.717) is 0 Å². The molecule has 0 fully saturated rings. The monoisotopic (exact) mass is 214 g/mol. The molecule has 0 radical (unpaired) electrons. The van der Waals surface area contributed by atoms with Crippen LogP contribution >= 0.6 is 0 Å². The van der Waals surface area contributed by atoms with Crippen LogP contribution in [0, 0.1) is 12.3 Å². The van der Waals surface area contributed by atoms with Crippen LogP contribution in [0.2, 0.25) is 0 Å². The predicted molar refractivity (Wildman–Crippen MR) is 49.9 cm³/mol. The van der Waals surface area contributed by atoms with Crippen molar-refractivity contribution in [1.82, 2.24) is 0 Å². The van der Waals surface area contributed by atoms with E-state index in [9.17, 15) is 18.3 Å². The van der Waals surface area contributed by atoms with Crippen molar-refractivity contribution in [3.8, 4) is 12.3 Å². The van der Waals surface area contributed by atoms with Gasteiger partial charge in [0.2, 0.25) is 0 Å². The first-order valence-corrected chi connectivity index (χ1v) is 4.24. The number of terminal acetylenes is 1. The molecular weight excluding hydrogens is 205 g/mol. The van der Waals surface area contributed by atoms with Crippen LogP contribution in [0.15, 0.2) is 24.3 Å². The molecule has 0 bridgehead atoms. The topological polar surface area (TPSA) is 20.2 Å². The second kappa shape index (κ2) is 4.37. The maximum Gasteiger partial charge on any atom is 0.416 e. The summed E-state index contributed by atoms with van der Waals surface area (Å²) in [7, 11) is 0. The fourth-order valence-corrected chi connectivity index (χ4v) is 1.27. The Balaban J connectivity index is 3.13. The first kappa shape index (κ1) is 11.6. The highest BCUT2D eigenvalue weighted by Gasteiger charge is 2.34. The van der Waals surface area contributed by atoms with Crippen molar-refractivity contribution in [3.05, 3.63) is 35.4 Å². The van der Waals surface area contributed by atoms with E-state index in [1.54, 1.807) is 0 Å². The molecule has 1 unspecified atom stereocenters. The molecule has 80 valence electrons. The predicted octanol–water partition coefficient (Wildman–Crippen LogP) is 2.76. The van der Waals surface area contributed by atoms with E-state index in [0.717, 1.165) is 6.07 Å². The number of halogens is 3. The summed E-state index contributed by atoms with van der Waals surface area (Å²) in [6.07, 6.45) is -0.934. The Morgan fingerprint density at radius 2 is 1.93 bits per heavy atom. The van der Waals surface area contributed by atoms with Crippen LogP contribution < -0.4 is 0 Å². The van der Waals surface area contributed by atoms with Crippen molar-refractivity contribution < 1.29 is 18.3 Å². The van der Waals surface area contributed by atoms with Gasteiger partial charge in [0.1, 0.15) is 0 Å². The average molecular weight is 214 g/mol. The normalized spacial score (nSPS) is 13.3. The van der Waals surface area contributed by atoms with Crippen LogP contribution in [0.25, 0.3) is 0 Å². The van der Waals surface area contributed by atoms with Crippen molar-refractivity contribution in [2.45, 2.75) is 18.7 Å².